The minimum absolute atomic E-state index is 0.319. The van der Waals surface area contributed by atoms with Crippen molar-refractivity contribution in [2.75, 3.05) is 6.61 Å². The number of H-pyrrole nitrogens is 2. The predicted octanol–water partition coefficient (Wildman–Crippen LogP) is -1.15. The lowest BCUT2D eigenvalue weighted by atomic mass is 10.1. The molecule has 2 aromatic rings. The predicted molar refractivity (Wildman–Crippen MR) is 73.5 cm³/mol. The Labute approximate surface area is 135 Å². The number of aliphatic hydroxyl groups excluding tert-OH is 2. The summed E-state index contributed by atoms with van der Waals surface area (Å²) in [5.74, 6) is -3.19. The molecular formula is C10H9Cl2FN4O6. The van der Waals surface area contributed by atoms with E-state index in [1.807, 2.05) is 4.98 Å². The third kappa shape index (κ3) is 2.05. The summed E-state index contributed by atoms with van der Waals surface area (Å²) < 4.78 is 25.3. The van der Waals surface area contributed by atoms with Gasteiger partial charge in [-0.1, -0.05) is 11.6 Å². The molecular weight excluding hydrogens is 362 g/mol. The molecule has 126 valence electrons. The number of nitrogens with zero attached hydrogens (tertiary/aromatic N) is 2. The number of hydrogen-bond acceptors (Lipinski definition) is 7. The van der Waals surface area contributed by atoms with Crippen molar-refractivity contribution in [2.24, 2.45) is 0 Å². The van der Waals surface area contributed by atoms with E-state index in [9.17, 15) is 14.7 Å². The number of halogens is 3. The maximum atomic E-state index is 15.5. The van der Waals surface area contributed by atoms with Crippen molar-refractivity contribution in [3.05, 3.63) is 27.2 Å². The second-order valence-electron chi connectivity index (χ2n) is 4.79. The topological polar surface area (TPSA) is 142 Å². The van der Waals surface area contributed by atoms with Gasteiger partial charge in [0.1, 0.15) is 18.5 Å². The molecule has 10 nitrogen and oxygen atoms in total. The van der Waals surface area contributed by atoms with Crippen LogP contribution in [0, 0.1) is 0 Å². The average Bonchev–Trinajstić information content (AvgIpc) is 3.02. The Kier molecular flexibility index (Phi) is 3.74. The van der Waals surface area contributed by atoms with Crippen molar-refractivity contribution in [3.8, 4) is 0 Å². The maximum absolute atomic E-state index is 15.5. The first-order chi connectivity index (χ1) is 10.8. The highest BCUT2D eigenvalue weighted by Gasteiger charge is 2.70. The van der Waals surface area contributed by atoms with Crippen molar-refractivity contribution in [2.45, 2.75) is 23.2 Å². The Bertz CT molecular complexity index is 869. The molecule has 0 radical (unpaired) electrons. The van der Waals surface area contributed by atoms with E-state index in [0.717, 1.165) is 6.33 Å². The zero-order valence-corrected chi connectivity index (χ0v) is 12.5. The Hall–Kier alpha value is -1.50. The molecule has 0 amide bonds. The van der Waals surface area contributed by atoms with Crippen LogP contribution in [0.25, 0.3) is 11.2 Å². The standard InChI is InChI=1S/C10H9Cl2FN4O6/c11-9(23-12)5(19)3(1-18)22-10(9,13)17-2-14-4-6(17)15-8(21)16-7(4)20/h2-3,5,18-19H,1H2,(H2,15,16,20,21)/t3-,5-,9-,10+/m1/s1. The molecule has 4 atom stereocenters. The van der Waals surface area contributed by atoms with Gasteiger partial charge in [0, 0.05) is 0 Å². The largest absolute Gasteiger partial charge is 0.394 e. The Morgan fingerprint density at radius 1 is 1.52 bits per heavy atom. The fraction of sp³-hybridized carbons (Fsp3) is 0.500. The summed E-state index contributed by atoms with van der Waals surface area (Å²) >= 11 is 11.1. The van der Waals surface area contributed by atoms with E-state index in [1.165, 1.54) is 0 Å². The minimum atomic E-state index is -3.19. The molecule has 0 unspecified atom stereocenters. The number of fused-ring (bicyclic) bond motifs is 1. The molecule has 3 rings (SSSR count). The zero-order chi connectivity index (χ0) is 17.0. The number of imidazole rings is 1. The van der Waals surface area contributed by atoms with Gasteiger partial charge in [-0.05, 0) is 0 Å². The van der Waals surface area contributed by atoms with Gasteiger partial charge in [0.15, 0.2) is 11.2 Å². The second kappa shape index (κ2) is 5.26. The van der Waals surface area contributed by atoms with Crippen LogP contribution in [-0.2, 0) is 15.0 Å². The van der Waals surface area contributed by atoms with Gasteiger partial charge in [-0.15, -0.1) is 0 Å². The van der Waals surface area contributed by atoms with Crippen molar-refractivity contribution in [1.82, 2.24) is 19.5 Å². The van der Waals surface area contributed by atoms with Crippen LogP contribution in [-0.4, -0.2) is 53.6 Å². The third-order valence-electron chi connectivity index (χ3n) is 3.50. The summed E-state index contributed by atoms with van der Waals surface area (Å²) in [5.41, 5.74) is -2.51. The molecule has 0 bridgehead atoms. The minimum Gasteiger partial charge on any atom is -0.394 e. The molecule has 23 heavy (non-hydrogen) atoms. The molecule has 0 spiro atoms. The highest BCUT2D eigenvalue weighted by molar-refractivity contribution is 6.26. The normalized spacial score (nSPS) is 34.3. The molecule has 0 aromatic carbocycles. The molecule has 13 heteroatoms. The number of aliphatic hydroxyl groups is 2. The Morgan fingerprint density at radius 2 is 2.22 bits per heavy atom. The summed E-state index contributed by atoms with van der Waals surface area (Å²) in [5, 5.41) is 16.4. The molecule has 2 aromatic heterocycles. The molecule has 1 aliphatic heterocycles. The number of hydrogen-bond donors (Lipinski definition) is 4. The number of ether oxygens (including phenoxy) is 1. The molecule has 0 aliphatic carbocycles. The van der Waals surface area contributed by atoms with Crippen molar-refractivity contribution in [1.29, 1.82) is 0 Å². The average molecular weight is 371 g/mol. The van der Waals surface area contributed by atoms with E-state index in [2.05, 4.69) is 14.3 Å². The van der Waals surface area contributed by atoms with E-state index >= 15 is 4.39 Å². The first-order valence-corrected chi connectivity index (χ1v) is 6.81. The molecule has 1 saturated heterocycles. The van der Waals surface area contributed by atoms with Gasteiger partial charge in [-0.25, -0.2) is 14.1 Å². The van der Waals surface area contributed by atoms with Gasteiger partial charge in [-0.2, -0.15) is 4.39 Å². The molecule has 4 N–H and O–H groups in total. The fourth-order valence-electron chi connectivity index (χ4n) is 2.37. The highest BCUT2D eigenvalue weighted by Crippen LogP contribution is 2.51. The number of aromatic amines is 2. The lowest BCUT2D eigenvalue weighted by Crippen LogP contribution is -2.51. The Morgan fingerprint density at radius 3 is 2.83 bits per heavy atom. The van der Waals surface area contributed by atoms with E-state index < -0.39 is 41.1 Å². The number of aromatic nitrogens is 4. The van der Waals surface area contributed by atoms with Gasteiger partial charge in [0.2, 0.25) is 0 Å². The van der Waals surface area contributed by atoms with Crippen LogP contribution >= 0.6 is 23.5 Å². The summed E-state index contributed by atoms with van der Waals surface area (Å²) in [6.07, 6.45) is -2.56. The maximum Gasteiger partial charge on any atom is 0.345 e. The van der Waals surface area contributed by atoms with Crippen LogP contribution in [0.4, 0.5) is 4.39 Å². The SMILES string of the molecule is O=c1[nH]c(=O)c2ncn([C@]3(F)O[C@H](CO)[C@@H](O)[C@@]3(Cl)OCl)c2[nH]1. The number of alkyl halides is 2. The second-order valence-corrected chi connectivity index (χ2v) is 5.50. The summed E-state index contributed by atoms with van der Waals surface area (Å²) in [6, 6.07) is 0. The van der Waals surface area contributed by atoms with Gasteiger partial charge >= 0.3 is 11.7 Å². The van der Waals surface area contributed by atoms with Crippen molar-refractivity contribution >= 4 is 34.6 Å². The van der Waals surface area contributed by atoms with Crippen LogP contribution in [0.3, 0.4) is 0 Å². The van der Waals surface area contributed by atoms with Gasteiger partial charge in [0.05, 0.1) is 18.5 Å². The van der Waals surface area contributed by atoms with E-state index in [-0.39, 0.29) is 11.2 Å². The number of rotatable bonds is 3. The zero-order valence-electron chi connectivity index (χ0n) is 11.0. The number of nitrogens with one attached hydrogen (secondary N) is 2. The van der Waals surface area contributed by atoms with Crippen LogP contribution in [0.5, 0.6) is 0 Å². The first-order valence-electron chi connectivity index (χ1n) is 6.13. The van der Waals surface area contributed by atoms with Gasteiger partial charge < -0.3 is 14.9 Å². The van der Waals surface area contributed by atoms with Crippen LogP contribution in [0.2, 0.25) is 0 Å². The van der Waals surface area contributed by atoms with Crippen molar-refractivity contribution < 1.29 is 23.6 Å². The van der Waals surface area contributed by atoms with Gasteiger partial charge in [-0.3, -0.25) is 19.3 Å². The smallest absolute Gasteiger partial charge is 0.345 e. The van der Waals surface area contributed by atoms with E-state index in [4.69, 9.17) is 33.3 Å². The summed E-state index contributed by atoms with van der Waals surface area (Å²) in [6.45, 7) is -0.800. The molecule has 3 heterocycles. The molecule has 1 fully saturated rings. The lowest BCUT2D eigenvalue weighted by Gasteiger charge is -2.32. The van der Waals surface area contributed by atoms with Crippen molar-refractivity contribution in [3.63, 3.8) is 0 Å². The molecule has 0 saturated carbocycles. The van der Waals surface area contributed by atoms with Crippen LogP contribution < -0.4 is 11.2 Å². The quantitative estimate of drug-likeness (QED) is 0.499. The third-order valence-corrected chi connectivity index (χ3v) is 4.36. The van der Waals surface area contributed by atoms with E-state index in [1.54, 1.807) is 0 Å². The van der Waals surface area contributed by atoms with Gasteiger partial charge in [0.25, 0.3) is 10.6 Å². The van der Waals surface area contributed by atoms with E-state index in [0.29, 0.717) is 4.57 Å². The lowest BCUT2D eigenvalue weighted by molar-refractivity contribution is -0.242. The fourth-order valence-corrected chi connectivity index (χ4v) is 2.83. The summed E-state index contributed by atoms with van der Waals surface area (Å²) in [4.78, 5) is 30.8. The summed E-state index contributed by atoms with van der Waals surface area (Å²) in [7, 11) is 0. The Balaban J connectivity index is 2.28. The first kappa shape index (κ1) is 16.4. The van der Waals surface area contributed by atoms with Crippen LogP contribution in [0.1, 0.15) is 0 Å². The van der Waals surface area contributed by atoms with Crippen LogP contribution in [0.15, 0.2) is 15.9 Å². The highest BCUT2D eigenvalue weighted by atomic mass is 35.5. The monoisotopic (exact) mass is 370 g/mol. The molecule has 1 aliphatic rings.